The topological polar surface area (TPSA) is 74.6 Å². The van der Waals surface area contributed by atoms with Gasteiger partial charge in [-0.3, -0.25) is 0 Å². The smallest absolute Gasteiger partial charge is 0.394 e. The minimum Gasteiger partial charge on any atom is -0.478 e. The molecule has 4 nitrogen and oxygen atoms in total. The standard InChI is InChI=1S/C9H9O4P/c10-6-8(9(11)12)14(13)7-4-2-1-3-5-7/h1-5,8,10H,6H2/p+1. The predicted octanol–water partition coefficient (Wildman–Crippen LogP) is 0.585. The van der Waals surface area contributed by atoms with Crippen molar-refractivity contribution in [1.82, 2.24) is 0 Å². The molecule has 2 N–H and O–H groups in total. The van der Waals surface area contributed by atoms with E-state index in [1.807, 2.05) is 0 Å². The number of carbonyl (C=O) groups is 1. The Bertz CT molecular complexity index is 336. The summed E-state index contributed by atoms with van der Waals surface area (Å²) in [5, 5.41) is 17.9. The van der Waals surface area contributed by atoms with E-state index in [0.29, 0.717) is 5.30 Å². The Labute approximate surface area is 82.0 Å². The van der Waals surface area contributed by atoms with Gasteiger partial charge in [0.2, 0.25) is 0 Å². The molecular weight excluding hydrogens is 203 g/mol. The van der Waals surface area contributed by atoms with E-state index in [1.165, 1.54) is 0 Å². The van der Waals surface area contributed by atoms with Gasteiger partial charge in [-0.25, -0.2) is 4.79 Å². The fraction of sp³-hybridized carbons (Fsp3) is 0.222. The van der Waals surface area contributed by atoms with E-state index in [0.717, 1.165) is 0 Å². The lowest BCUT2D eigenvalue weighted by molar-refractivity contribution is -0.137. The van der Waals surface area contributed by atoms with Gasteiger partial charge in [0, 0.05) is 0 Å². The Morgan fingerprint density at radius 1 is 1.36 bits per heavy atom. The fourth-order valence-corrected chi connectivity index (χ4v) is 2.18. The highest BCUT2D eigenvalue weighted by Crippen LogP contribution is 2.26. The van der Waals surface area contributed by atoms with Gasteiger partial charge >= 0.3 is 13.8 Å². The third-order valence-electron chi connectivity index (χ3n) is 1.75. The van der Waals surface area contributed by atoms with E-state index in [1.54, 1.807) is 30.3 Å². The van der Waals surface area contributed by atoms with E-state index < -0.39 is 26.0 Å². The lowest BCUT2D eigenvalue weighted by Gasteiger charge is -1.96. The molecule has 0 saturated carbocycles. The van der Waals surface area contributed by atoms with E-state index in [4.69, 9.17) is 10.2 Å². The average molecular weight is 213 g/mol. The molecule has 0 aliphatic carbocycles. The molecule has 2 atom stereocenters. The van der Waals surface area contributed by atoms with Crippen LogP contribution in [0.3, 0.4) is 0 Å². The summed E-state index contributed by atoms with van der Waals surface area (Å²) in [6.45, 7) is -0.612. The third kappa shape index (κ3) is 2.37. The van der Waals surface area contributed by atoms with Crippen molar-refractivity contribution in [2.24, 2.45) is 0 Å². The Balaban J connectivity index is 2.89. The first kappa shape index (κ1) is 10.8. The van der Waals surface area contributed by atoms with Gasteiger partial charge in [0.25, 0.3) is 5.66 Å². The van der Waals surface area contributed by atoms with Gasteiger partial charge in [0.1, 0.15) is 6.61 Å². The SMILES string of the molecule is O=C(O)C(CO)[P+](=O)c1ccccc1. The molecule has 14 heavy (non-hydrogen) atoms. The molecule has 0 heterocycles. The lowest BCUT2D eigenvalue weighted by Crippen LogP contribution is -2.23. The van der Waals surface area contributed by atoms with Crippen molar-refractivity contribution in [2.45, 2.75) is 5.66 Å². The average Bonchev–Trinajstić information content (AvgIpc) is 2.19. The lowest BCUT2D eigenvalue weighted by atomic mass is 10.4. The van der Waals surface area contributed by atoms with Crippen LogP contribution in [0.5, 0.6) is 0 Å². The number of hydrogen-bond donors (Lipinski definition) is 2. The van der Waals surface area contributed by atoms with Crippen LogP contribution in [0.25, 0.3) is 0 Å². The molecule has 0 fully saturated rings. The number of rotatable bonds is 4. The maximum absolute atomic E-state index is 11.6. The first-order chi connectivity index (χ1) is 6.66. The number of aliphatic carboxylic acids is 1. The summed E-state index contributed by atoms with van der Waals surface area (Å²) in [4.78, 5) is 10.6. The minimum atomic E-state index is -2.08. The van der Waals surface area contributed by atoms with E-state index in [-0.39, 0.29) is 0 Å². The first-order valence-electron chi connectivity index (χ1n) is 4.02. The van der Waals surface area contributed by atoms with Gasteiger partial charge in [0.15, 0.2) is 5.30 Å². The van der Waals surface area contributed by atoms with Crippen molar-refractivity contribution in [3.8, 4) is 0 Å². The van der Waals surface area contributed by atoms with Crippen LogP contribution >= 0.6 is 7.80 Å². The molecular formula is C9H10O4P+. The normalized spacial score (nSPS) is 13.4. The molecule has 2 unspecified atom stereocenters. The number of aliphatic hydroxyl groups excluding tert-OH is 1. The molecule has 0 aromatic heterocycles. The molecule has 1 aromatic rings. The molecule has 0 spiro atoms. The van der Waals surface area contributed by atoms with E-state index in [2.05, 4.69) is 0 Å². The molecule has 1 rings (SSSR count). The van der Waals surface area contributed by atoms with Crippen LogP contribution in [0.4, 0.5) is 0 Å². The van der Waals surface area contributed by atoms with Crippen LogP contribution in [0, 0.1) is 0 Å². The molecule has 74 valence electrons. The monoisotopic (exact) mass is 213 g/mol. The van der Waals surface area contributed by atoms with Gasteiger partial charge in [-0.15, -0.1) is 0 Å². The Morgan fingerprint density at radius 3 is 2.36 bits per heavy atom. The fourth-order valence-electron chi connectivity index (χ4n) is 1.01. The number of hydrogen-bond acceptors (Lipinski definition) is 3. The first-order valence-corrected chi connectivity index (χ1v) is 5.34. The number of benzene rings is 1. The molecule has 0 aliphatic heterocycles. The van der Waals surface area contributed by atoms with Crippen LogP contribution in [-0.4, -0.2) is 28.4 Å². The maximum Gasteiger partial charge on any atom is 0.394 e. The number of carboxylic acid groups (broad SMARTS) is 1. The highest BCUT2D eigenvalue weighted by Gasteiger charge is 2.38. The summed E-state index contributed by atoms with van der Waals surface area (Å²) in [6, 6.07) is 8.29. The van der Waals surface area contributed by atoms with Crippen molar-refractivity contribution in [2.75, 3.05) is 6.61 Å². The van der Waals surface area contributed by atoms with Crippen LogP contribution < -0.4 is 5.30 Å². The Hall–Kier alpha value is -1.25. The zero-order chi connectivity index (χ0) is 10.6. The van der Waals surface area contributed by atoms with Gasteiger partial charge in [-0.2, -0.15) is 0 Å². The summed E-state index contributed by atoms with van der Waals surface area (Å²) in [6.07, 6.45) is 0. The van der Waals surface area contributed by atoms with Crippen LogP contribution in [0.15, 0.2) is 30.3 Å². The Morgan fingerprint density at radius 2 is 1.93 bits per heavy atom. The minimum absolute atomic E-state index is 0.448. The van der Waals surface area contributed by atoms with Gasteiger partial charge in [-0.1, -0.05) is 22.8 Å². The van der Waals surface area contributed by atoms with Crippen molar-refractivity contribution < 1.29 is 19.6 Å². The summed E-state index contributed by atoms with van der Waals surface area (Å²) in [5.41, 5.74) is -1.22. The Kier molecular flexibility index (Phi) is 3.74. The van der Waals surface area contributed by atoms with Crippen molar-refractivity contribution in [3.05, 3.63) is 30.3 Å². The number of aliphatic hydroxyl groups is 1. The molecule has 0 amide bonds. The van der Waals surface area contributed by atoms with Crippen molar-refractivity contribution >= 4 is 19.1 Å². The molecule has 0 radical (unpaired) electrons. The highest BCUT2D eigenvalue weighted by atomic mass is 31.1. The summed E-state index contributed by atoms with van der Waals surface area (Å²) in [5.74, 6) is -1.24. The van der Waals surface area contributed by atoms with Crippen LogP contribution in [-0.2, 0) is 9.36 Å². The van der Waals surface area contributed by atoms with Crippen molar-refractivity contribution in [1.29, 1.82) is 0 Å². The second-order valence-electron chi connectivity index (χ2n) is 2.70. The zero-order valence-electron chi connectivity index (χ0n) is 7.33. The predicted molar refractivity (Wildman–Crippen MR) is 52.2 cm³/mol. The summed E-state index contributed by atoms with van der Waals surface area (Å²) in [7, 11) is -2.08. The molecule has 0 saturated heterocycles. The van der Waals surface area contributed by atoms with Gasteiger partial charge in [0.05, 0.1) is 0 Å². The van der Waals surface area contributed by atoms with Gasteiger partial charge < -0.3 is 10.2 Å². The van der Waals surface area contributed by atoms with E-state index in [9.17, 15) is 9.36 Å². The second-order valence-corrected chi connectivity index (χ2v) is 4.49. The molecule has 0 bridgehead atoms. The molecule has 0 aliphatic rings. The number of carboxylic acids is 1. The highest BCUT2D eigenvalue weighted by molar-refractivity contribution is 7.55. The van der Waals surface area contributed by atoms with Crippen LogP contribution in [0.2, 0.25) is 0 Å². The van der Waals surface area contributed by atoms with Crippen LogP contribution in [0.1, 0.15) is 0 Å². The summed E-state index contributed by atoms with van der Waals surface area (Å²) < 4.78 is 11.6. The van der Waals surface area contributed by atoms with Gasteiger partial charge in [-0.05, 0) is 12.1 Å². The second kappa shape index (κ2) is 4.84. The molecule has 1 aromatic carbocycles. The quantitative estimate of drug-likeness (QED) is 0.717. The zero-order valence-corrected chi connectivity index (χ0v) is 8.22. The largest absolute Gasteiger partial charge is 0.478 e. The maximum atomic E-state index is 11.6. The third-order valence-corrected chi connectivity index (χ3v) is 3.51. The van der Waals surface area contributed by atoms with Crippen molar-refractivity contribution in [3.63, 3.8) is 0 Å². The molecule has 5 heteroatoms. The summed E-state index contributed by atoms with van der Waals surface area (Å²) >= 11 is 0. The van der Waals surface area contributed by atoms with E-state index >= 15 is 0 Å².